The van der Waals surface area contributed by atoms with Gasteiger partial charge >= 0.3 is 6.01 Å². The van der Waals surface area contributed by atoms with E-state index in [1.807, 2.05) is 48.8 Å². The van der Waals surface area contributed by atoms with Gasteiger partial charge in [-0.05, 0) is 29.8 Å². The van der Waals surface area contributed by atoms with Crippen LogP contribution < -0.4 is 5.73 Å². The number of hydrogen-bond acceptors (Lipinski definition) is 5. The summed E-state index contributed by atoms with van der Waals surface area (Å²) >= 11 is 0. The number of hydrogen-bond donors (Lipinski definition) is 1. The normalized spacial score (nSPS) is 11.1. The van der Waals surface area contributed by atoms with Crippen molar-refractivity contribution in [2.75, 3.05) is 5.73 Å². The molecular formula is C16H13N5O. The molecule has 0 radical (unpaired) electrons. The molecule has 2 aromatic carbocycles. The quantitative estimate of drug-likeness (QED) is 0.627. The van der Waals surface area contributed by atoms with Crippen molar-refractivity contribution in [3.63, 3.8) is 0 Å². The average Bonchev–Trinajstić information content (AvgIpc) is 3.15. The number of anilines is 1. The zero-order valence-electron chi connectivity index (χ0n) is 11.7. The maximum Gasteiger partial charge on any atom is 0.313 e. The van der Waals surface area contributed by atoms with Gasteiger partial charge in [-0.3, -0.25) is 0 Å². The molecule has 2 heterocycles. The highest BCUT2D eigenvalue weighted by molar-refractivity contribution is 5.75. The van der Waals surface area contributed by atoms with E-state index < -0.39 is 0 Å². The van der Waals surface area contributed by atoms with Crippen molar-refractivity contribution in [3.05, 3.63) is 60.4 Å². The van der Waals surface area contributed by atoms with Crippen molar-refractivity contribution < 1.29 is 4.42 Å². The van der Waals surface area contributed by atoms with Crippen molar-refractivity contribution in [1.82, 2.24) is 19.7 Å². The molecule has 108 valence electrons. The number of nitrogen functional groups attached to an aromatic ring is 1. The highest BCUT2D eigenvalue weighted by Gasteiger charge is 2.07. The number of para-hydroxylation sites is 2. The summed E-state index contributed by atoms with van der Waals surface area (Å²) in [6.07, 6.45) is 1.86. The molecule has 0 unspecified atom stereocenters. The monoisotopic (exact) mass is 291 g/mol. The summed E-state index contributed by atoms with van der Waals surface area (Å²) in [4.78, 5) is 4.40. The van der Waals surface area contributed by atoms with Crippen LogP contribution in [-0.4, -0.2) is 19.7 Å². The number of nitrogens with two attached hydrogens (primary N) is 1. The van der Waals surface area contributed by atoms with Crippen LogP contribution in [0.2, 0.25) is 0 Å². The Morgan fingerprint density at radius 2 is 1.82 bits per heavy atom. The Balaban J connectivity index is 1.61. The van der Waals surface area contributed by atoms with Crippen LogP contribution in [-0.2, 0) is 6.54 Å². The van der Waals surface area contributed by atoms with E-state index in [2.05, 4.69) is 25.8 Å². The molecule has 4 aromatic rings. The van der Waals surface area contributed by atoms with Crippen LogP contribution in [0.25, 0.3) is 22.5 Å². The summed E-state index contributed by atoms with van der Waals surface area (Å²) in [5.74, 6) is 0.428. The standard InChI is InChI=1S/C16H13N5O/c17-16-20-19-15(22-16)12-7-5-11(6-8-12)9-21-10-18-13-3-1-2-4-14(13)21/h1-8,10H,9H2,(H2,17,20). The number of fused-ring (bicyclic) bond motifs is 1. The Labute approximate surface area is 126 Å². The molecule has 22 heavy (non-hydrogen) atoms. The van der Waals surface area contributed by atoms with Gasteiger partial charge in [0.15, 0.2) is 0 Å². The molecule has 0 aliphatic carbocycles. The summed E-state index contributed by atoms with van der Waals surface area (Å²) in [6, 6.07) is 16.1. The summed E-state index contributed by atoms with van der Waals surface area (Å²) in [5.41, 5.74) is 9.58. The molecule has 6 heteroatoms. The lowest BCUT2D eigenvalue weighted by Gasteiger charge is -2.05. The van der Waals surface area contributed by atoms with Crippen LogP contribution >= 0.6 is 0 Å². The van der Waals surface area contributed by atoms with E-state index in [0.717, 1.165) is 23.1 Å². The number of aromatic nitrogens is 4. The second-order valence-corrected chi connectivity index (χ2v) is 5.00. The fourth-order valence-electron chi connectivity index (χ4n) is 2.44. The minimum absolute atomic E-state index is 0.0731. The predicted octanol–water partition coefficient (Wildman–Crippen LogP) is 2.72. The third-order valence-corrected chi connectivity index (χ3v) is 3.52. The first kappa shape index (κ1) is 12.6. The maximum atomic E-state index is 5.44. The van der Waals surface area contributed by atoms with Gasteiger partial charge in [0, 0.05) is 12.1 Å². The second kappa shape index (κ2) is 5.00. The van der Waals surface area contributed by atoms with Crippen LogP contribution in [0, 0.1) is 0 Å². The second-order valence-electron chi connectivity index (χ2n) is 5.00. The van der Waals surface area contributed by atoms with Crippen LogP contribution in [0.1, 0.15) is 5.56 Å². The lowest BCUT2D eigenvalue weighted by atomic mass is 10.1. The average molecular weight is 291 g/mol. The summed E-state index contributed by atoms with van der Waals surface area (Å²) in [6.45, 7) is 0.757. The van der Waals surface area contributed by atoms with Gasteiger partial charge in [0.05, 0.1) is 17.4 Å². The van der Waals surface area contributed by atoms with E-state index in [9.17, 15) is 0 Å². The fourth-order valence-corrected chi connectivity index (χ4v) is 2.44. The number of nitrogens with zero attached hydrogens (tertiary/aromatic N) is 4. The van der Waals surface area contributed by atoms with Gasteiger partial charge in [-0.2, -0.15) is 0 Å². The first-order chi connectivity index (χ1) is 10.8. The van der Waals surface area contributed by atoms with Crippen molar-refractivity contribution in [2.24, 2.45) is 0 Å². The van der Waals surface area contributed by atoms with E-state index in [1.54, 1.807) is 0 Å². The topological polar surface area (TPSA) is 82.8 Å². The van der Waals surface area contributed by atoms with E-state index in [4.69, 9.17) is 10.2 Å². The molecule has 2 N–H and O–H groups in total. The minimum Gasteiger partial charge on any atom is -0.404 e. The van der Waals surface area contributed by atoms with E-state index >= 15 is 0 Å². The SMILES string of the molecule is Nc1nnc(-c2ccc(Cn3cnc4ccccc43)cc2)o1. The Morgan fingerprint density at radius 1 is 1.00 bits per heavy atom. The maximum absolute atomic E-state index is 5.44. The molecule has 0 saturated carbocycles. The van der Waals surface area contributed by atoms with Gasteiger partial charge in [-0.25, -0.2) is 4.98 Å². The summed E-state index contributed by atoms with van der Waals surface area (Å²) < 4.78 is 7.33. The van der Waals surface area contributed by atoms with Crippen molar-refractivity contribution >= 4 is 17.0 Å². The predicted molar refractivity (Wildman–Crippen MR) is 83.0 cm³/mol. The molecule has 0 fully saturated rings. The van der Waals surface area contributed by atoms with Crippen LogP contribution in [0.15, 0.2) is 59.3 Å². The Kier molecular flexibility index (Phi) is 2.86. The first-order valence-corrected chi connectivity index (χ1v) is 6.88. The highest BCUT2D eigenvalue weighted by atomic mass is 16.4. The van der Waals surface area contributed by atoms with Crippen LogP contribution in [0.5, 0.6) is 0 Å². The smallest absolute Gasteiger partial charge is 0.313 e. The molecular weight excluding hydrogens is 278 g/mol. The van der Waals surface area contributed by atoms with Gasteiger partial charge in [-0.15, -0.1) is 5.10 Å². The molecule has 0 amide bonds. The van der Waals surface area contributed by atoms with E-state index in [0.29, 0.717) is 5.89 Å². The largest absolute Gasteiger partial charge is 0.404 e. The first-order valence-electron chi connectivity index (χ1n) is 6.88. The zero-order chi connectivity index (χ0) is 14.9. The summed E-state index contributed by atoms with van der Waals surface area (Å²) in [5, 5.41) is 7.53. The minimum atomic E-state index is 0.0731. The van der Waals surface area contributed by atoms with Gasteiger partial charge in [0.25, 0.3) is 0 Å². The Bertz CT molecular complexity index is 923. The molecule has 2 aromatic heterocycles. The molecule has 0 aliphatic rings. The van der Waals surface area contributed by atoms with Gasteiger partial charge in [0.1, 0.15) is 0 Å². The Hall–Kier alpha value is -3.15. The molecule has 4 rings (SSSR count). The fraction of sp³-hybridized carbons (Fsp3) is 0.0625. The van der Waals surface area contributed by atoms with Gasteiger partial charge < -0.3 is 14.7 Å². The lowest BCUT2D eigenvalue weighted by Crippen LogP contribution is -1.97. The van der Waals surface area contributed by atoms with Crippen molar-refractivity contribution in [1.29, 1.82) is 0 Å². The number of benzene rings is 2. The molecule has 0 atom stereocenters. The molecule has 0 spiro atoms. The lowest BCUT2D eigenvalue weighted by molar-refractivity contribution is 0.590. The van der Waals surface area contributed by atoms with Crippen LogP contribution in [0.3, 0.4) is 0 Å². The van der Waals surface area contributed by atoms with Gasteiger partial charge in [-0.1, -0.05) is 29.4 Å². The van der Waals surface area contributed by atoms with Crippen molar-refractivity contribution in [3.8, 4) is 11.5 Å². The van der Waals surface area contributed by atoms with E-state index in [-0.39, 0.29) is 6.01 Å². The number of rotatable bonds is 3. The van der Waals surface area contributed by atoms with Crippen LogP contribution in [0.4, 0.5) is 6.01 Å². The van der Waals surface area contributed by atoms with E-state index in [1.165, 1.54) is 5.56 Å². The molecule has 0 bridgehead atoms. The third kappa shape index (κ3) is 2.20. The Morgan fingerprint density at radius 3 is 2.59 bits per heavy atom. The zero-order valence-corrected chi connectivity index (χ0v) is 11.7. The highest BCUT2D eigenvalue weighted by Crippen LogP contribution is 2.20. The third-order valence-electron chi connectivity index (χ3n) is 3.52. The van der Waals surface area contributed by atoms with Crippen molar-refractivity contribution in [2.45, 2.75) is 6.54 Å². The molecule has 0 saturated heterocycles. The number of imidazole rings is 1. The van der Waals surface area contributed by atoms with Gasteiger partial charge in [0.2, 0.25) is 5.89 Å². The summed E-state index contributed by atoms with van der Waals surface area (Å²) in [7, 11) is 0. The molecule has 6 nitrogen and oxygen atoms in total. The molecule has 0 aliphatic heterocycles.